The van der Waals surface area contributed by atoms with Gasteiger partial charge in [-0.15, -0.1) is 0 Å². The Morgan fingerprint density at radius 2 is 1.85 bits per heavy atom. The molecule has 1 aromatic carbocycles. The Hall–Kier alpha value is -2.37. The van der Waals surface area contributed by atoms with Gasteiger partial charge in [0, 0.05) is 37.2 Å². The normalized spacial score (nSPS) is 23.3. The molecule has 6 nitrogen and oxygen atoms in total. The summed E-state index contributed by atoms with van der Waals surface area (Å²) in [4.78, 5) is 39.9. The number of benzene rings is 1. The van der Waals surface area contributed by atoms with Crippen LogP contribution >= 0.6 is 0 Å². The molecule has 0 aromatic heterocycles. The maximum Gasteiger partial charge on any atom is 0.246 e. The summed E-state index contributed by atoms with van der Waals surface area (Å²) in [6.45, 7) is 7.19. The molecule has 140 valence electrons. The molecular weight excluding hydrogens is 330 g/mol. The molecule has 1 aromatic rings. The number of carbonyl (C=O) groups is 3. The molecule has 3 amide bonds. The summed E-state index contributed by atoms with van der Waals surface area (Å²) in [6, 6.07) is 6.09. The minimum Gasteiger partial charge on any atom is -0.351 e. The molecular formula is C20H27N3O3. The fourth-order valence-corrected chi connectivity index (χ4v) is 3.84. The van der Waals surface area contributed by atoms with E-state index in [1.807, 2.05) is 32.9 Å². The second-order valence-electron chi connectivity index (χ2n) is 7.82. The van der Waals surface area contributed by atoms with Crippen LogP contribution < -0.4 is 10.2 Å². The lowest BCUT2D eigenvalue weighted by atomic mass is 9.94. The first-order valence-electron chi connectivity index (χ1n) is 9.23. The van der Waals surface area contributed by atoms with Gasteiger partial charge in [-0.2, -0.15) is 0 Å². The van der Waals surface area contributed by atoms with Gasteiger partial charge in [0.05, 0.1) is 0 Å². The van der Waals surface area contributed by atoms with E-state index in [0.29, 0.717) is 32.4 Å². The predicted molar refractivity (Wildman–Crippen MR) is 99.9 cm³/mol. The second kappa shape index (κ2) is 7.09. The first kappa shape index (κ1) is 18.4. The summed E-state index contributed by atoms with van der Waals surface area (Å²) < 4.78 is 0. The Balaban J connectivity index is 1.57. The molecule has 0 bridgehead atoms. The average molecular weight is 357 g/mol. The third-order valence-electron chi connectivity index (χ3n) is 5.33. The van der Waals surface area contributed by atoms with Crippen molar-refractivity contribution in [2.45, 2.75) is 52.0 Å². The summed E-state index contributed by atoms with van der Waals surface area (Å²) in [5.74, 6) is -0.00651. The summed E-state index contributed by atoms with van der Waals surface area (Å²) >= 11 is 0. The van der Waals surface area contributed by atoms with Gasteiger partial charge in [0.2, 0.25) is 17.7 Å². The number of aryl methyl sites for hydroxylation is 2. The highest BCUT2D eigenvalue weighted by atomic mass is 16.2. The molecule has 1 atom stereocenters. The third-order valence-corrected chi connectivity index (χ3v) is 5.33. The van der Waals surface area contributed by atoms with Gasteiger partial charge in [-0.3, -0.25) is 14.4 Å². The van der Waals surface area contributed by atoms with Crippen LogP contribution in [0.15, 0.2) is 18.2 Å². The van der Waals surface area contributed by atoms with Crippen molar-refractivity contribution in [3.05, 3.63) is 29.3 Å². The summed E-state index contributed by atoms with van der Waals surface area (Å²) in [7, 11) is 0. The van der Waals surface area contributed by atoms with Gasteiger partial charge in [0.25, 0.3) is 0 Å². The topological polar surface area (TPSA) is 69.7 Å². The van der Waals surface area contributed by atoms with Gasteiger partial charge in [0.1, 0.15) is 6.54 Å². The number of piperazine rings is 1. The number of amides is 3. The first-order valence-corrected chi connectivity index (χ1v) is 9.23. The zero-order valence-electron chi connectivity index (χ0n) is 15.8. The molecule has 1 unspecified atom stereocenters. The van der Waals surface area contributed by atoms with Crippen molar-refractivity contribution in [3.63, 3.8) is 0 Å². The maximum absolute atomic E-state index is 12.6. The van der Waals surface area contributed by atoms with E-state index in [1.165, 1.54) is 0 Å². The van der Waals surface area contributed by atoms with Crippen molar-refractivity contribution in [2.24, 2.45) is 0 Å². The van der Waals surface area contributed by atoms with Crippen LogP contribution in [0.25, 0.3) is 0 Å². The van der Waals surface area contributed by atoms with Gasteiger partial charge in [-0.25, -0.2) is 0 Å². The second-order valence-corrected chi connectivity index (χ2v) is 7.82. The first-order chi connectivity index (χ1) is 12.3. The lowest BCUT2D eigenvalue weighted by molar-refractivity contribution is -0.137. The van der Waals surface area contributed by atoms with E-state index in [9.17, 15) is 14.4 Å². The summed E-state index contributed by atoms with van der Waals surface area (Å²) in [6.07, 6.45) is 2.26. The van der Waals surface area contributed by atoms with Crippen LogP contribution in [0.5, 0.6) is 0 Å². The highest BCUT2D eigenvalue weighted by molar-refractivity contribution is 5.98. The Bertz CT molecular complexity index is 726. The van der Waals surface area contributed by atoms with Crippen LogP contribution in [0, 0.1) is 13.8 Å². The molecule has 0 radical (unpaired) electrons. The molecule has 2 fully saturated rings. The van der Waals surface area contributed by atoms with Gasteiger partial charge < -0.3 is 15.1 Å². The number of hydrogen-bond acceptors (Lipinski definition) is 3. The number of nitrogens with zero attached hydrogens (tertiary/aromatic N) is 2. The number of hydrogen-bond donors (Lipinski definition) is 1. The van der Waals surface area contributed by atoms with Crippen LogP contribution in [0.2, 0.25) is 0 Å². The SMILES string of the molecule is Cc1cc(C)cc(N2CCN(C(=O)CCC3(C)CCC(=O)N3)CC2=O)c1. The molecule has 1 N–H and O–H groups in total. The molecule has 0 aliphatic carbocycles. The van der Waals surface area contributed by atoms with E-state index in [4.69, 9.17) is 0 Å². The average Bonchev–Trinajstić information content (AvgIpc) is 2.91. The lowest BCUT2D eigenvalue weighted by Gasteiger charge is -2.35. The predicted octanol–water partition coefficient (Wildman–Crippen LogP) is 1.93. The minimum absolute atomic E-state index is 0.0132. The van der Waals surface area contributed by atoms with Crippen LogP contribution in [0.3, 0.4) is 0 Å². The van der Waals surface area contributed by atoms with E-state index in [0.717, 1.165) is 23.2 Å². The Morgan fingerprint density at radius 3 is 2.42 bits per heavy atom. The zero-order chi connectivity index (χ0) is 18.9. The lowest BCUT2D eigenvalue weighted by Crippen LogP contribution is -2.52. The fraction of sp³-hybridized carbons (Fsp3) is 0.550. The number of carbonyl (C=O) groups excluding carboxylic acids is 3. The molecule has 0 spiro atoms. The van der Waals surface area contributed by atoms with E-state index in [1.54, 1.807) is 9.80 Å². The van der Waals surface area contributed by atoms with E-state index in [2.05, 4.69) is 11.4 Å². The molecule has 26 heavy (non-hydrogen) atoms. The molecule has 2 saturated heterocycles. The van der Waals surface area contributed by atoms with Crippen LogP contribution in [-0.2, 0) is 14.4 Å². The van der Waals surface area contributed by atoms with Crippen molar-refractivity contribution in [1.29, 1.82) is 0 Å². The summed E-state index contributed by atoms with van der Waals surface area (Å²) in [5, 5.41) is 2.95. The monoisotopic (exact) mass is 357 g/mol. The van der Waals surface area contributed by atoms with Crippen molar-refractivity contribution in [3.8, 4) is 0 Å². The van der Waals surface area contributed by atoms with E-state index < -0.39 is 0 Å². The van der Waals surface area contributed by atoms with Crippen LogP contribution in [-0.4, -0.2) is 47.8 Å². The van der Waals surface area contributed by atoms with Gasteiger partial charge in [-0.05, 0) is 56.9 Å². The third kappa shape index (κ3) is 4.06. The van der Waals surface area contributed by atoms with Crippen molar-refractivity contribution in [2.75, 3.05) is 24.5 Å². The molecule has 2 heterocycles. The number of rotatable bonds is 4. The van der Waals surface area contributed by atoms with Crippen LogP contribution in [0.1, 0.15) is 43.7 Å². The number of anilines is 1. The number of nitrogens with one attached hydrogen (secondary N) is 1. The zero-order valence-corrected chi connectivity index (χ0v) is 15.8. The highest BCUT2D eigenvalue weighted by Crippen LogP contribution is 2.26. The van der Waals surface area contributed by atoms with Gasteiger partial charge >= 0.3 is 0 Å². The van der Waals surface area contributed by atoms with E-state index in [-0.39, 0.29) is 29.8 Å². The Morgan fingerprint density at radius 1 is 1.15 bits per heavy atom. The molecule has 6 heteroatoms. The smallest absolute Gasteiger partial charge is 0.246 e. The van der Waals surface area contributed by atoms with Crippen molar-refractivity contribution < 1.29 is 14.4 Å². The molecule has 2 aliphatic heterocycles. The summed E-state index contributed by atoms with van der Waals surface area (Å²) in [5.41, 5.74) is 2.86. The van der Waals surface area contributed by atoms with E-state index >= 15 is 0 Å². The Labute approximate surface area is 154 Å². The highest BCUT2D eigenvalue weighted by Gasteiger charge is 2.34. The van der Waals surface area contributed by atoms with Crippen LogP contribution in [0.4, 0.5) is 5.69 Å². The van der Waals surface area contributed by atoms with Crippen molar-refractivity contribution in [1.82, 2.24) is 10.2 Å². The molecule has 3 rings (SSSR count). The fourth-order valence-electron chi connectivity index (χ4n) is 3.84. The largest absolute Gasteiger partial charge is 0.351 e. The molecule has 0 saturated carbocycles. The minimum atomic E-state index is -0.294. The Kier molecular flexibility index (Phi) is 5.03. The molecule has 2 aliphatic rings. The quantitative estimate of drug-likeness (QED) is 0.895. The standard InChI is InChI=1S/C20H27N3O3/c1-14-10-15(2)12-16(11-14)23-9-8-22(13-19(23)26)18(25)5-7-20(3)6-4-17(24)21-20/h10-12H,4-9,13H2,1-3H3,(H,21,24). The van der Waals surface area contributed by atoms with Gasteiger partial charge in [-0.1, -0.05) is 6.07 Å². The van der Waals surface area contributed by atoms with Gasteiger partial charge in [0.15, 0.2) is 0 Å². The van der Waals surface area contributed by atoms with Crippen molar-refractivity contribution >= 4 is 23.4 Å². The maximum atomic E-state index is 12.6.